The molecular formula is C26H35F2N7O3. The lowest BCUT2D eigenvalue weighted by molar-refractivity contribution is -0.194. The topological polar surface area (TPSA) is 132 Å². The third-order valence-electron chi connectivity index (χ3n) is 8.46. The molecule has 6 rings (SSSR count). The number of alkyl halides is 2. The molecule has 1 aromatic heterocycles. The second-order valence-corrected chi connectivity index (χ2v) is 11.3. The van der Waals surface area contributed by atoms with Gasteiger partial charge in [0.15, 0.2) is 0 Å². The molecule has 3 saturated heterocycles. The first kappa shape index (κ1) is 26.4. The monoisotopic (exact) mass is 531 g/mol. The van der Waals surface area contributed by atoms with Gasteiger partial charge in [-0.05, 0) is 44.4 Å². The van der Waals surface area contributed by atoms with E-state index in [0.29, 0.717) is 37.4 Å². The first-order valence-electron chi connectivity index (χ1n) is 13.6. The molecule has 0 aromatic carbocycles. The van der Waals surface area contributed by atoms with Gasteiger partial charge in [-0.25, -0.2) is 8.78 Å². The number of carbonyl (C=O) groups is 3. The van der Waals surface area contributed by atoms with Crippen LogP contribution in [0.4, 0.5) is 14.5 Å². The van der Waals surface area contributed by atoms with Crippen molar-refractivity contribution in [2.75, 3.05) is 11.9 Å². The van der Waals surface area contributed by atoms with Crippen LogP contribution in [0.15, 0.2) is 12.4 Å². The fourth-order valence-electron chi connectivity index (χ4n) is 6.36. The average Bonchev–Trinajstić information content (AvgIpc) is 3.61. The molecule has 0 unspecified atom stereocenters. The lowest BCUT2D eigenvalue weighted by Gasteiger charge is -2.54. The van der Waals surface area contributed by atoms with Crippen molar-refractivity contribution in [2.24, 2.45) is 24.8 Å². The lowest BCUT2D eigenvalue weighted by atomic mass is 9.71. The summed E-state index contributed by atoms with van der Waals surface area (Å²) >= 11 is 0. The van der Waals surface area contributed by atoms with E-state index in [4.69, 9.17) is 0 Å². The third kappa shape index (κ3) is 5.47. The summed E-state index contributed by atoms with van der Waals surface area (Å²) < 4.78 is 31.8. The quantitative estimate of drug-likeness (QED) is 0.446. The molecule has 206 valence electrons. The normalized spacial score (nSPS) is 29.6. The predicted octanol–water partition coefficient (Wildman–Crippen LogP) is 1.94. The molecule has 3 aliphatic heterocycles. The smallest absolute Gasteiger partial charge is 0.255 e. The van der Waals surface area contributed by atoms with Gasteiger partial charge in [-0.1, -0.05) is 12.8 Å². The van der Waals surface area contributed by atoms with E-state index in [1.807, 2.05) is 6.07 Å². The maximum atomic E-state index is 15.1. The van der Waals surface area contributed by atoms with Crippen LogP contribution in [0.25, 0.3) is 0 Å². The standard InChI is InChI=1S/C26H35F2N7O3/c1-34-14-18(13-31-34)32-21(9-15-4-5-15)25(38)35-19-6-7-20(26(27,28)11-19)22(35)24(37)33-17(12-29)10-16-3-2-8-30-23(16)36/h13-17,19-22,32H,2-11H2,1H3,(H,30,36)(H,33,37)/t16-,17-,19-,20-,21-,22+/m1/s1. The molecule has 5 fully saturated rings. The predicted molar refractivity (Wildman–Crippen MR) is 133 cm³/mol. The molecule has 10 nitrogen and oxygen atoms in total. The van der Waals surface area contributed by atoms with Gasteiger partial charge in [0, 0.05) is 38.2 Å². The van der Waals surface area contributed by atoms with Gasteiger partial charge >= 0.3 is 0 Å². The summed E-state index contributed by atoms with van der Waals surface area (Å²) in [5, 5.41) is 22.5. The molecule has 12 heteroatoms. The van der Waals surface area contributed by atoms with Crippen molar-refractivity contribution < 1.29 is 23.2 Å². The third-order valence-corrected chi connectivity index (χ3v) is 8.46. The van der Waals surface area contributed by atoms with Crippen LogP contribution in [0, 0.1) is 29.1 Å². The first-order valence-corrected chi connectivity index (χ1v) is 13.6. The minimum atomic E-state index is -3.09. The molecule has 3 amide bonds. The zero-order valence-corrected chi connectivity index (χ0v) is 21.5. The minimum absolute atomic E-state index is 0.103. The molecular weight excluding hydrogens is 496 g/mol. The number of fused-ring (bicyclic) bond motifs is 3. The SMILES string of the molecule is Cn1cc(N[C@H](CC2CC2)C(=O)N2[C@@H]3CC[C@H]([C@H]2C(=O)N[C@@H](C#N)C[C@H]2CCCNC2=O)C(F)(F)C3)cn1. The van der Waals surface area contributed by atoms with Gasteiger partial charge in [0.25, 0.3) is 5.92 Å². The second kappa shape index (κ2) is 10.5. The maximum absolute atomic E-state index is 15.1. The highest BCUT2D eigenvalue weighted by Gasteiger charge is 2.61. The number of hydrogen-bond acceptors (Lipinski definition) is 6. The highest BCUT2D eigenvalue weighted by molar-refractivity contribution is 5.92. The Balaban J connectivity index is 1.37. The van der Waals surface area contributed by atoms with Crippen molar-refractivity contribution in [1.82, 2.24) is 25.3 Å². The largest absolute Gasteiger partial charge is 0.371 e. The van der Waals surface area contributed by atoms with Crippen molar-refractivity contribution in [2.45, 2.75) is 87.9 Å². The number of rotatable bonds is 9. The number of hydrogen-bond donors (Lipinski definition) is 3. The van der Waals surface area contributed by atoms with Crippen LogP contribution in [0.3, 0.4) is 0 Å². The van der Waals surface area contributed by atoms with Gasteiger partial charge in [-0.3, -0.25) is 19.1 Å². The van der Waals surface area contributed by atoms with E-state index in [9.17, 15) is 19.6 Å². The van der Waals surface area contributed by atoms with E-state index >= 15 is 8.78 Å². The molecule has 38 heavy (non-hydrogen) atoms. The number of aryl methyl sites for hydroxylation is 1. The average molecular weight is 532 g/mol. The lowest BCUT2D eigenvalue weighted by Crippen LogP contribution is -2.70. The molecule has 3 N–H and O–H groups in total. The maximum Gasteiger partial charge on any atom is 0.255 e. The Hall–Kier alpha value is -3.23. The van der Waals surface area contributed by atoms with Gasteiger partial charge in [0.2, 0.25) is 17.7 Å². The van der Waals surface area contributed by atoms with Gasteiger partial charge in [-0.2, -0.15) is 10.4 Å². The molecule has 0 radical (unpaired) electrons. The Morgan fingerprint density at radius 3 is 2.68 bits per heavy atom. The van der Waals surface area contributed by atoms with Crippen LogP contribution in [-0.4, -0.2) is 69.0 Å². The van der Waals surface area contributed by atoms with E-state index in [1.165, 1.54) is 4.90 Å². The molecule has 0 spiro atoms. The summed E-state index contributed by atoms with van der Waals surface area (Å²) in [4.78, 5) is 41.1. The van der Waals surface area contributed by atoms with Gasteiger partial charge < -0.3 is 20.9 Å². The van der Waals surface area contributed by atoms with Crippen LogP contribution in [-0.2, 0) is 21.4 Å². The molecule has 6 atom stereocenters. The number of halogens is 2. The van der Waals surface area contributed by atoms with Crippen LogP contribution in [0.1, 0.15) is 57.8 Å². The van der Waals surface area contributed by atoms with E-state index < -0.39 is 54.3 Å². The zero-order valence-electron chi connectivity index (χ0n) is 21.5. The van der Waals surface area contributed by atoms with Gasteiger partial charge in [-0.15, -0.1) is 0 Å². The molecule has 2 bridgehead atoms. The summed E-state index contributed by atoms with van der Waals surface area (Å²) in [6, 6.07) is -1.81. The fraction of sp³-hybridized carbons (Fsp3) is 0.731. The van der Waals surface area contributed by atoms with Crippen LogP contribution < -0.4 is 16.0 Å². The van der Waals surface area contributed by atoms with Crippen molar-refractivity contribution >= 4 is 23.4 Å². The number of carbonyl (C=O) groups excluding carboxylic acids is 3. The first-order chi connectivity index (χ1) is 18.2. The van der Waals surface area contributed by atoms with Crippen molar-refractivity contribution in [1.29, 1.82) is 5.26 Å². The Labute approximate surface area is 220 Å². The number of amides is 3. The summed E-state index contributed by atoms with van der Waals surface area (Å²) in [5.74, 6) is -5.76. The van der Waals surface area contributed by atoms with Gasteiger partial charge in [0.05, 0.1) is 23.9 Å². The fourth-order valence-corrected chi connectivity index (χ4v) is 6.36. The molecule has 2 saturated carbocycles. The Morgan fingerprint density at radius 2 is 2.05 bits per heavy atom. The number of nitrogens with zero attached hydrogens (tertiary/aromatic N) is 4. The van der Waals surface area contributed by atoms with E-state index in [2.05, 4.69) is 21.0 Å². The van der Waals surface area contributed by atoms with E-state index in [-0.39, 0.29) is 24.7 Å². The highest BCUT2D eigenvalue weighted by Crippen LogP contribution is 2.49. The molecule has 2 aliphatic carbocycles. The Kier molecular flexibility index (Phi) is 7.29. The number of nitrogens with one attached hydrogen (secondary N) is 3. The number of anilines is 1. The summed E-state index contributed by atoms with van der Waals surface area (Å²) in [5.41, 5.74) is 0.648. The number of piperidine rings is 3. The second-order valence-electron chi connectivity index (χ2n) is 11.3. The Morgan fingerprint density at radius 1 is 1.26 bits per heavy atom. The summed E-state index contributed by atoms with van der Waals surface area (Å²) in [7, 11) is 1.76. The van der Waals surface area contributed by atoms with E-state index in [1.54, 1.807) is 24.1 Å². The van der Waals surface area contributed by atoms with Crippen LogP contribution in [0.5, 0.6) is 0 Å². The molecule has 5 aliphatic rings. The Bertz CT molecular complexity index is 1110. The van der Waals surface area contributed by atoms with Gasteiger partial charge in [0.1, 0.15) is 18.1 Å². The minimum Gasteiger partial charge on any atom is -0.371 e. The summed E-state index contributed by atoms with van der Waals surface area (Å²) in [6.07, 6.45) is 7.44. The van der Waals surface area contributed by atoms with Crippen LogP contribution in [0.2, 0.25) is 0 Å². The van der Waals surface area contributed by atoms with E-state index in [0.717, 1.165) is 19.3 Å². The van der Waals surface area contributed by atoms with Crippen molar-refractivity contribution in [3.8, 4) is 6.07 Å². The number of aromatic nitrogens is 2. The molecule has 4 heterocycles. The van der Waals surface area contributed by atoms with Crippen molar-refractivity contribution in [3.63, 3.8) is 0 Å². The molecule has 1 aromatic rings. The van der Waals surface area contributed by atoms with Crippen LogP contribution >= 0.6 is 0 Å². The van der Waals surface area contributed by atoms with Crippen molar-refractivity contribution in [3.05, 3.63) is 12.4 Å². The summed E-state index contributed by atoms with van der Waals surface area (Å²) in [6.45, 7) is 0.575. The highest BCUT2D eigenvalue weighted by atomic mass is 19.3. The number of nitriles is 1. The zero-order chi connectivity index (χ0) is 27.0.